The summed E-state index contributed by atoms with van der Waals surface area (Å²) in [7, 11) is 0. The second-order valence-corrected chi connectivity index (χ2v) is 5.44. The van der Waals surface area contributed by atoms with Gasteiger partial charge in [-0.25, -0.2) is 0 Å². The van der Waals surface area contributed by atoms with Gasteiger partial charge < -0.3 is 5.73 Å². The standard InChI is InChI=1S/C14H17NS/c1-11-7-8-13(16-11)9-10-14(15)12-5-3-2-4-6-12/h2-8,14H,9-10,15H2,1H3. The molecule has 2 N–H and O–H groups in total. The van der Waals surface area contributed by atoms with Crippen LogP contribution >= 0.6 is 11.3 Å². The minimum absolute atomic E-state index is 0.156. The van der Waals surface area contributed by atoms with Gasteiger partial charge in [0.1, 0.15) is 0 Å². The Kier molecular flexibility index (Phi) is 3.75. The van der Waals surface area contributed by atoms with Crippen LogP contribution in [0.15, 0.2) is 42.5 Å². The Morgan fingerprint density at radius 3 is 2.50 bits per heavy atom. The fraction of sp³-hybridized carbons (Fsp3) is 0.286. The molecule has 2 aromatic rings. The second kappa shape index (κ2) is 5.28. The first kappa shape index (κ1) is 11.4. The second-order valence-electron chi connectivity index (χ2n) is 4.07. The molecule has 0 radical (unpaired) electrons. The van der Waals surface area contributed by atoms with Crippen LogP contribution in [0.25, 0.3) is 0 Å². The summed E-state index contributed by atoms with van der Waals surface area (Å²) in [5.74, 6) is 0. The number of thiophene rings is 1. The highest BCUT2D eigenvalue weighted by Crippen LogP contribution is 2.21. The monoisotopic (exact) mass is 231 g/mol. The molecule has 0 aliphatic rings. The Balaban J connectivity index is 1.91. The van der Waals surface area contributed by atoms with Gasteiger partial charge in [-0.05, 0) is 37.5 Å². The minimum atomic E-state index is 0.156. The molecule has 2 heteroatoms. The highest BCUT2D eigenvalue weighted by atomic mass is 32.1. The number of aryl methyl sites for hydroxylation is 2. The summed E-state index contributed by atoms with van der Waals surface area (Å²) in [5, 5.41) is 0. The fourth-order valence-electron chi connectivity index (χ4n) is 1.78. The summed E-state index contributed by atoms with van der Waals surface area (Å²) in [6.07, 6.45) is 2.10. The summed E-state index contributed by atoms with van der Waals surface area (Å²) in [6, 6.07) is 14.9. The van der Waals surface area contributed by atoms with Gasteiger partial charge in [-0.2, -0.15) is 0 Å². The van der Waals surface area contributed by atoms with Crippen LogP contribution in [0.4, 0.5) is 0 Å². The van der Waals surface area contributed by atoms with Crippen molar-refractivity contribution in [1.29, 1.82) is 0 Å². The van der Waals surface area contributed by atoms with Crippen LogP contribution in [0.5, 0.6) is 0 Å². The summed E-state index contributed by atoms with van der Waals surface area (Å²) < 4.78 is 0. The zero-order chi connectivity index (χ0) is 11.4. The van der Waals surface area contributed by atoms with Gasteiger partial charge in [-0.15, -0.1) is 11.3 Å². The molecule has 1 unspecified atom stereocenters. The Hall–Kier alpha value is -1.12. The molecule has 1 aromatic carbocycles. The van der Waals surface area contributed by atoms with Gasteiger partial charge in [0.15, 0.2) is 0 Å². The quantitative estimate of drug-likeness (QED) is 0.853. The van der Waals surface area contributed by atoms with Crippen LogP contribution in [0.2, 0.25) is 0 Å². The van der Waals surface area contributed by atoms with Crippen molar-refractivity contribution in [2.45, 2.75) is 25.8 Å². The molecule has 0 amide bonds. The molecule has 16 heavy (non-hydrogen) atoms. The lowest BCUT2D eigenvalue weighted by Crippen LogP contribution is -2.10. The smallest absolute Gasteiger partial charge is 0.0298 e. The summed E-state index contributed by atoms with van der Waals surface area (Å²) in [5.41, 5.74) is 7.39. The van der Waals surface area contributed by atoms with Gasteiger partial charge in [0.05, 0.1) is 0 Å². The zero-order valence-corrected chi connectivity index (χ0v) is 10.3. The van der Waals surface area contributed by atoms with Crippen molar-refractivity contribution in [2.75, 3.05) is 0 Å². The molecule has 0 aliphatic heterocycles. The van der Waals surface area contributed by atoms with E-state index in [0.717, 1.165) is 12.8 Å². The predicted octanol–water partition coefficient (Wildman–Crippen LogP) is 3.69. The SMILES string of the molecule is Cc1ccc(CCC(N)c2ccccc2)s1. The van der Waals surface area contributed by atoms with Gasteiger partial charge >= 0.3 is 0 Å². The number of benzene rings is 1. The minimum Gasteiger partial charge on any atom is -0.324 e. The van der Waals surface area contributed by atoms with Crippen molar-refractivity contribution in [3.63, 3.8) is 0 Å². The molecule has 1 aromatic heterocycles. The molecular weight excluding hydrogens is 214 g/mol. The molecular formula is C14H17NS. The maximum absolute atomic E-state index is 6.15. The maximum Gasteiger partial charge on any atom is 0.0298 e. The van der Waals surface area contributed by atoms with E-state index in [4.69, 9.17) is 5.73 Å². The van der Waals surface area contributed by atoms with Crippen molar-refractivity contribution in [2.24, 2.45) is 5.73 Å². The third kappa shape index (κ3) is 2.94. The van der Waals surface area contributed by atoms with E-state index < -0.39 is 0 Å². The predicted molar refractivity (Wildman–Crippen MR) is 70.7 cm³/mol. The van der Waals surface area contributed by atoms with E-state index in [1.54, 1.807) is 0 Å². The summed E-state index contributed by atoms with van der Waals surface area (Å²) in [4.78, 5) is 2.81. The molecule has 0 spiro atoms. The van der Waals surface area contributed by atoms with E-state index in [1.807, 2.05) is 29.5 Å². The largest absolute Gasteiger partial charge is 0.324 e. The third-order valence-corrected chi connectivity index (χ3v) is 3.79. The molecule has 1 atom stereocenters. The van der Waals surface area contributed by atoms with E-state index in [-0.39, 0.29) is 6.04 Å². The highest BCUT2D eigenvalue weighted by Gasteiger charge is 2.06. The lowest BCUT2D eigenvalue weighted by molar-refractivity contribution is 0.655. The lowest BCUT2D eigenvalue weighted by Gasteiger charge is -2.10. The van der Waals surface area contributed by atoms with Crippen molar-refractivity contribution < 1.29 is 0 Å². The molecule has 0 aliphatic carbocycles. The maximum atomic E-state index is 6.15. The molecule has 0 bridgehead atoms. The highest BCUT2D eigenvalue weighted by molar-refractivity contribution is 7.11. The van der Waals surface area contributed by atoms with E-state index >= 15 is 0 Å². The molecule has 0 saturated heterocycles. The topological polar surface area (TPSA) is 26.0 Å². The first-order valence-corrected chi connectivity index (χ1v) is 6.43. The lowest BCUT2D eigenvalue weighted by atomic mass is 10.0. The van der Waals surface area contributed by atoms with Gasteiger partial charge in [0.25, 0.3) is 0 Å². The molecule has 1 nitrogen and oxygen atoms in total. The summed E-state index contributed by atoms with van der Waals surface area (Å²) >= 11 is 1.87. The van der Waals surface area contributed by atoms with Crippen molar-refractivity contribution in [1.82, 2.24) is 0 Å². The van der Waals surface area contributed by atoms with Crippen LogP contribution in [0.3, 0.4) is 0 Å². The molecule has 2 rings (SSSR count). The Morgan fingerprint density at radius 2 is 1.88 bits per heavy atom. The van der Waals surface area contributed by atoms with Crippen LogP contribution in [0.1, 0.15) is 27.8 Å². The molecule has 0 saturated carbocycles. The summed E-state index contributed by atoms with van der Waals surface area (Å²) in [6.45, 7) is 2.14. The van der Waals surface area contributed by atoms with E-state index in [1.165, 1.54) is 15.3 Å². The van der Waals surface area contributed by atoms with Gasteiger partial charge in [0, 0.05) is 15.8 Å². The average molecular weight is 231 g/mol. The Labute approximate surface area is 101 Å². The first-order valence-electron chi connectivity index (χ1n) is 5.61. The molecule has 1 heterocycles. The fourth-order valence-corrected chi connectivity index (χ4v) is 2.69. The van der Waals surface area contributed by atoms with Crippen LogP contribution < -0.4 is 5.73 Å². The number of rotatable bonds is 4. The first-order chi connectivity index (χ1) is 7.75. The third-order valence-electron chi connectivity index (χ3n) is 2.73. The van der Waals surface area contributed by atoms with E-state index in [0.29, 0.717) is 0 Å². The van der Waals surface area contributed by atoms with Crippen LogP contribution in [0, 0.1) is 6.92 Å². The van der Waals surface area contributed by atoms with Gasteiger partial charge in [-0.1, -0.05) is 30.3 Å². The van der Waals surface area contributed by atoms with Crippen LogP contribution in [-0.4, -0.2) is 0 Å². The van der Waals surface area contributed by atoms with Gasteiger partial charge in [0.2, 0.25) is 0 Å². The number of nitrogens with two attached hydrogens (primary N) is 1. The average Bonchev–Trinajstić information content (AvgIpc) is 2.73. The van der Waals surface area contributed by atoms with E-state index in [2.05, 4.69) is 31.2 Å². The van der Waals surface area contributed by atoms with Crippen molar-refractivity contribution in [3.8, 4) is 0 Å². The number of hydrogen-bond donors (Lipinski definition) is 1. The Bertz CT molecular complexity index is 433. The Morgan fingerprint density at radius 1 is 1.12 bits per heavy atom. The van der Waals surface area contributed by atoms with Gasteiger partial charge in [-0.3, -0.25) is 0 Å². The van der Waals surface area contributed by atoms with Crippen LogP contribution in [-0.2, 0) is 6.42 Å². The zero-order valence-electron chi connectivity index (χ0n) is 9.52. The molecule has 84 valence electrons. The van der Waals surface area contributed by atoms with E-state index in [9.17, 15) is 0 Å². The normalized spacial score (nSPS) is 12.6. The molecule has 0 fully saturated rings. The van der Waals surface area contributed by atoms with Crippen molar-refractivity contribution in [3.05, 3.63) is 57.8 Å². The number of hydrogen-bond acceptors (Lipinski definition) is 2. The van der Waals surface area contributed by atoms with Crippen molar-refractivity contribution >= 4 is 11.3 Å².